The quantitative estimate of drug-likeness (QED) is 0.307. The maximum Gasteiger partial charge on any atom is 0.146 e. The van der Waals surface area contributed by atoms with E-state index in [1.807, 2.05) is 50.5 Å². The summed E-state index contributed by atoms with van der Waals surface area (Å²) in [5.74, 6) is 0.655. The molecule has 0 aromatic heterocycles. The van der Waals surface area contributed by atoms with Crippen molar-refractivity contribution in [2.24, 2.45) is 0 Å². The van der Waals surface area contributed by atoms with Gasteiger partial charge in [0.1, 0.15) is 11.6 Å². The first-order chi connectivity index (χ1) is 15.5. The van der Waals surface area contributed by atoms with Gasteiger partial charge < -0.3 is 0 Å². The highest BCUT2D eigenvalue weighted by atomic mass is 16.1. The summed E-state index contributed by atoms with van der Waals surface area (Å²) in [6.45, 7) is 2.67. The lowest BCUT2D eigenvalue weighted by Gasteiger charge is -2.16. The van der Waals surface area contributed by atoms with E-state index < -0.39 is 0 Å². The number of carbonyl (C=O) groups excluding carboxylic acids is 2. The predicted molar refractivity (Wildman–Crippen MR) is 133 cm³/mol. The van der Waals surface area contributed by atoms with E-state index in [2.05, 4.69) is 34.1 Å². The Morgan fingerprint density at radius 1 is 0.562 bits per heavy atom. The van der Waals surface area contributed by atoms with Crippen molar-refractivity contribution in [1.82, 2.24) is 9.80 Å². The van der Waals surface area contributed by atoms with Crippen LogP contribution in [0.4, 0.5) is 0 Å². The molecule has 4 heteroatoms. The molecule has 0 saturated heterocycles. The summed E-state index contributed by atoms with van der Waals surface area (Å²) >= 11 is 0. The molecular formula is C28H40N2O2. The third-order valence-electron chi connectivity index (χ3n) is 5.64. The molecule has 174 valence electrons. The fourth-order valence-electron chi connectivity index (χ4n) is 4.01. The number of hydrogen-bond acceptors (Lipinski definition) is 4. The van der Waals surface area contributed by atoms with Crippen LogP contribution < -0.4 is 0 Å². The van der Waals surface area contributed by atoms with Gasteiger partial charge in [0, 0.05) is 25.9 Å². The van der Waals surface area contributed by atoms with Crippen molar-refractivity contribution < 1.29 is 9.59 Å². The van der Waals surface area contributed by atoms with Gasteiger partial charge in [0.2, 0.25) is 0 Å². The maximum atomic E-state index is 12.2. The number of Topliss-reactive ketones (excluding diaryl/α,β-unsaturated/α-hetero) is 2. The van der Waals surface area contributed by atoms with Gasteiger partial charge in [-0.05, 0) is 38.1 Å². The smallest absolute Gasteiger partial charge is 0.146 e. The van der Waals surface area contributed by atoms with E-state index >= 15 is 0 Å². The minimum Gasteiger partial charge on any atom is -0.298 e. The first-order valence-electron chi connectivity index (χ1n) is 12.0. The van der Waals surface area contributed by atoms with Crippen LogP contribution in [0.15, 0.2) is 60.7 Å². The number of ketones is 2. The van der Waals surface area contributed by atoms with Crippen LogP contribution in [0.3, 0.4) is 0 Å². The summed E-state index contributed by atoms with van der Waals surface area (Å²) in [4.78, 5) is 28.5. The summed E-state index contributed by atoms with van der Waals surface area (Å²) in [6, 6.07) is 20.5. The van der Waals surface area contributed by atoms with Crippen LogP contribution in [0.5, 0.6) is 0 Å². The monoisotopic (exact) mass is 436 g/mol. The molecule has 2 aromatic rings. The second kappa shape index (κ2) is 15.5. The number of likely N-dealkylation sites (N-methyl/N-ethyl adjacent to an activating group) is 2. The molecule has 32 heavy (non-hydrogen) atoms. The standard InChI is InChI=1S/C28H40N2O2/c1-29(21-25-15-9-7-10-16-25)23-27(31)19-13-5-3-4-6-14-20-28(32)24-30(2)22-26-17-11-8-12-18-26/h7-12,15-18H,3-6,13-14,19-24H2,1-2H3. The molecular weight excluding hydrogens is 396 g/mol. The Balaban J connectivity index is 1.43. The van der Waals surface area contributed by atoms with Crippen LogP contribution in [0.1, 0.15) is 62.5 Å². The first-order valence-corrected chi connectivity index (χ1v) is 12.0. The van der Waals surface area contributed by atoms with Crippen LogP contribution >= 0.6 is 0 Å². The molecule has 2 aromatic carbocycles. The fraction of sp³-hybridized carbons (Fsp3) is 0.500. The number of rotatable bonds is 17. The van der Waals surface area contributed by atoms with Crippen LogP contribution in [0, 0.1) is 0 Å². The molecule has 0 saturated carbocycles. The Labute approximate surface area is 194 Å². The number of benzene rings is 2. The van der Waals surface area contributed by atoms with Gasteiger partial charge in [0.15, 0.2) is 0 Å². The molecule has 0 atom stereocenters. The molecule has 0 radical (unpaired) electrons. The van der Waals surface area contributed by atoms with Crippen molar-refractivity contribution in [3.63, 3.8) is 0 Å². The van der Waals surface area contributed by atoms with Gasteiger partial charge in [0.25, 0.3) is 0 Å². The Morgan fingerprint density at radius 2 is 0.906 bits per heavy atom. The minimum atomic E-state index is 0.327. The average Bonchev–Trinajstić information content (AvgIpc) is 2.76. The largest absolute Gasteiger partial charge is 0.298 e. The van der Waals surface area contributed by atoms with Crippen molar-refractivity contribution in [3.05, 3.63) is 71.8 Å². The average molecular weight is 437 g/mol. The summed E-state index contributed by atoms with van der Waals surface area (Å²) in [5, 5.41) is 0. The van der Waals surface area contributed by atoms with Gasteiger partial charge in [-0.2, -0.15) is 0 Å². The normalized spacial score (nSPS) is 11.2. The van der Waals surface area contributed by atoms with Gasteiger partial charge >= 0.3 is 0 Å². The second-order valence-electron chi connectivity index (χ2n) is 9.01. The molecule has 0 bridgehead atoms. The fourth-order valence-corrected chi connectivity index (χ4v) is 4.01. The lowest BCUT2D eigenvalue weighted by Crippen LogP contribution is -2.25. The molecule has 4 nitrogen and oxygen atoms in total. The number of unbranched alkanes of at least 4 members (excludes halogenated alkanes) is 5. The lowest BCUT2D eigenvalue weighted by molar-refractivity contribution is -0.121. The van der Waals surface area contributed by atoms with Gasteiger partial charge in [-0.3, -0.25) is 19.4 Å². The number of nitrogens with zero attached hydrogens (tertiary/aromatic N) is 2. The summed E-state index contributed by atoms with van der Waals surface area (Å²) < 4.78 is 0. The molecule has 0 aliphatic carbocycles. The molecule has 0 N–H and O–H groups in total. The topological polar surface area (TPSA) is 40.6 Å². The molecule has 0 spiro atoms. The van der Waals surface area contributed by atoms with Crippen LogP contribution in [0.2, 0.25) is 0 Å². The van der Waals surface area contributed by atoms with E-state index in [0.717, 1.165) is 51.6 Å². The van der Waals surface area contributed by atoms with Gasteiger partial charge in [-0.15, -0.1) is 0 Å². The molecule has 0 fully saturated rings. The summed E-state index contributed by atoms with van der Waals surface area (Å²) in [5.41, 5.74) is 2.48. The zero-order chi connectivity index (χ0) is 23.0. The molecule has 0 heterocycles. The van der Waals surface area contributed by atoms with Crippen molar-refractivity contribution in [1.29, 1.82) is 0 Å². The van der Waals surface area contributed by atoms with E-state index in [-0.39, 0.29) is 0 Å². The third-order valence-corrected chi connectivity index (χ3v) is 5.64. The van der Waals surface area contributed by atoms with Crippen molar-refractivity contribution in [2.75, 3.05) is 27.2 Å². The molecule has 0 amide bonds. The number of hydrogen-bond donors (Lipinski definition) is 0. The van der Waals surface area contributed by atoms with Crippen LogP contribution in [-0.4, -0.2) is 48.6 Å². The maximum absolute atomic E-state index is 12.2. The lowest BCUT2D eigenvalue weighted by atomic mass is 10.1. The Hall–Kier alpha value is -2.30. The SMILES string of the molecule is CN(CC(=O)CCCCCCCCC(=O)CN(C)Cc1ccccc1)Cc1ccccc1. The van der Waals surface area contributed by atoms with Gasteiger partial charge in [-0.25, -0.2) is 0 Å². The molecule has 0 aliphatic rings. The predicted octanol–water partition coefficient (Wildman–Crippen LogP) is 5.51. The first kappa shape index (κ1) is 26.0. The third kappa shape index (κ3) is 11.9. The van der Waals surface area contributed by atoms with Crippen molar-refractivity contribution in [3.8, 4) is 0 Å². The van der Waals surface area contributed by atoms with E-state index in [9.17, 15) is 9.59 Å². The Kier molecular flexibility index (Phi) is 12.6. The highest BCUT2D eigenvalue weighted by molar-refractivity contribution is 5.80. The van der Waals surface area contributed by atoms with Crippen molar-refractivity contribution >= 4 is 11.6 Å². The Morgan fingerprint density at radius 3 is 1.28 bits per heavy atom. The highest BCUT2D eigenvalue weighted by Gasteiger charge is 2.08. The molecule has 0 unspecified atom stereocenters. The number of carbonyl (C=O) groups is 2. The summed E-state index contributed by atoms with van der Waals surface area (Å²) in [7, 11) is 4.01. The highest BCUT2D eigenvalue weighted by Crippen LogP contribution is 2.11. The van der Waals surface area contributed by atoms with Gasteiger partial charge in [0.05, 0.1) is 13.1 Å². The van der Waals surface area contributed by atoms with Crippen LogP contribution in [-0.2, 0) is 22.7 Å². The zero-order valence-corrected chi connectivity index (χ0v) is 20.0. The van der Waals surface area contributed by atoms with E-state index in [1.54, 1.807) is 0 Å². The molecule has 2 rings (SSSR count). The van der Waals surface area contributed by atoms with E-state index in [4.69, 9.17) is 0 Å². The second-order valence-corrected chi connectivity index (χ2v) is 9.01. The van der Waals surface area contributed by atoms with Gasteiger partial charge in [-0.1, -0.05) is 86.3 Å². The zero-order valence-electron chi connectivity index (χ0n) is 20.0. The summed E-state index contributed by atoms with van der Waals surface area (Å²) in [6.07, 6.45) is 7.79. The van der Waals surface area contributed by atoms with Crippen LogP contribution in [0.25, 0.3) is 0 Å². The van der Waals surface area contributed by atoms with E-state index in [0.29, 0.717) is 37.5 Å². The van der Waals surface area contributed by atoms with Crippen molar-refractivity contribution in [2.45, 2.75) is 64.5 Å². The minimum absolute atomic E-state index is 0.327. The Bertz CT molecular complexity index is 709. The van der Waals surface area contributed by atoms with E-state index in [1.165, 1.54) is 11.1 Å². The molecule has 0 aliphatic heterocycles.